The molecule has 0 radical (unpaired) electrons. The van der Waals surface area contributed by atoms with Crippen LogP contribution >= 0.6 is 11.3 Å². The number of aromatic nitrogens is 1. The zero-order chi connectivity index (χ0) is 15.1. The highest BCUT2D eigenvalue weighted by Crippen LogP contribution is 2.31. The first-order valence-electron chi connectivity index (χ1n) is 7.98. The number of hydrogen-bond acceptors (Lipinski definition) is 4. The van der Waals surface area contributed by atoms with E-state index >= 15 is 0 Å². The van der Waals surface area contributed by atoms with Gasteiger partial charge in [-0.15, -0.1) is 11.3 Å². The van der Waals surface area contributed by atoms with Crippen LogP contribution < -0.4 is 10.2 Å². The van der Waals surface area contributed by atoms with Crippen molar-refractivity contribution in [1.29, 1.82) is 0 Å². The first-order valence-corrected chi connectivity index (χ1v) is 8.79. The van der Waals surface area contributed by atoms with Crippen LogP contribution in [0.2, 0.25) is 0 Å². The van der Waals surface area contributed by atoms with Gasteiger partial charge >= 0.3 is 0 Å². The van der Waals surface area contributed by atoms with Gasteiger partial charge in [-0.25, -0.2) is 4.98 Å². The van der Waals surface area contributed by atoms with Gasteiger partial charge in [0, 0.05) is 24.5 Å². The minimum Gasteiger partial charge on any atom is -0.348 e. The maximum atomic E-state index is 4.91. The molecule has 1 aromatic rings. The predicted octanol–water partition coefficient (Wildman–Crippen LogP) is 4.39. The van der Waals surface area contributed by atoms with E-state index in [-0.39, 0.29) is 0 Å². The Morgan fingerprint density at radius 2 is 1.85 bits per heavy atom. The minimum atomic E-state index is 0.494. The molecule has 0 aliphatic carbocycles. The molecule has 0 aromatic carbocycles. The van der Waals surface area contributed by atoms with Crippen LogP contribution in [0.25, 0.3) is 0 Å². The van der Waals surface area contributed by atoms with Gasteiger partial charge in [0.25, 0.3) is 0 Å². The lowest BCUT2D eigenvalue weighted by Crippen LogP contribution is -2.30. The van der Waals surface area contributed by atoms with E-state index in [2.05, 4.69) is 51.9 Å². The molecule has 0 bridgehead atoms. The Kier molecular flexibility index (Phi) is 7.52. The Morgan fingerprint density at radius 1 is 1.20 bits per heavy atom. The lowest BCUT2D eigenvalue weighted by molar-refractivity contribution is 0.589. The van der Waals surface area contributed by atoms with E-state index in [0.29, 0.717) is 12.0 Å². The Bertz CT molecular complexity index is 383. The summed E-state index contributed by atoms with van der Waals surface area (Å²) in [5.74, 6) is 0.494. The van der Waals surface area contributed by atoms with Crippen molar-refractivity contribution < 1.29 is 0 Å². The van der Waals surface area contributed by atoms with Crippen LogP contribution in [0.1, 0.15) is 70.4 Å². The molecule has 0 amide bonds. The van der Waals surface area contributed by atoms with Gasteiger partial charge in [0.1, 0.15) is 0 Å². The highest BCUT2D eigenvalue weighted by Gasteiger charge is 2.19. The van der Waals surface area contributed by atoms with Crippen molar-refractivity contribution in [2.75, 3.05) is 18.5 Å². The summed E-state index contributed by atoms with van der Waals surface area (Å²) in [5, 5.41) is 4.68. The molecular weight excluding hydrogens is 266 g/mol. The van der Waals surface area contributed by atoms with Gasteiger partial charge < -0.3 is 10.2 Å². The maximum absolute atomic E-state index is 4.91. The maximum Gasteiger partial charge on any atom is 0.185 e. The highest BCUT2D eigenvalue weighted by atomic mass is 32.1. The van der Waals surface area contributed by atoms with Crippen LogP contribution in [0.5, 0.6) is 0 Å². The quantitative estimate of drug-likeness (QED) is 0.685. The van der Waals surface area contributed by atoms with Gasteiger partial charge in [-0.05, 0) is 31.7 Å². The Labute approximate surface area is 128 Å². The second kappa shape index (κ2) is 8.63. The van der Waals surface area contributed by atoms with E-state index < -0.39 is 0 Å². The van der Waals surface area contributed by atoms with Crippen molar-refractivity contribution in [2.24, 2.45) is 0 Å². The number of thiazole rings is 1. The average molecular weight is 298 g/mol. The topological polar surface area (TPSA) is 28.2 Å². The Morgan fingerprint density at radius 3 is 2.35 bits per heavy atom. The van der Waals surface area contributed by atoms with Crippen LogP contribution in [0.4, 0.5) is 5.13 Å². The molecular formula is C16H31N3S. The molecule has 4 heteroatoms. The van der Waals surface area contributed by atoms with Crippen molar-refractivity contribution in [3.63, 3.8) is 0 Å². The van der Waals surface area contributed by atoms with Crippen LogP contribution in [-0.2, 0) is 6.54 Å². The lowest BCUT2D eigenvalue weighted by Gasteiger charge is -2.25. The van der Waals surface area contributed by atoms with Gasteiger partial charge in [-0.1, -0.05) is 34.6 Å². The third-order valence-corrected chi connectivity index (χ3v) is 4.93. The summed E-state index contributed by atoms with van der Waals surface area (Å²) in [5.41, 5.74) is 1.27. The number of nitrogens with zero attached hydrogens (tertiary/aromatic N) is 2. The summed E-state index contributed by atoms with van der Waals surface area (Å²) >= 11 is 1.86. The van der Waals surface area contributed by atoms with Crippen LogP contribution in [0, 0.1) is 0 Å². The molecule has 0 atom stereocenters. The lowest BCUT2D eigenvalue weighted by atomic mass is 10.1. The van der Waals surface area contributed by atoms with E-state index in [1.807, 2.05) is 11.3 Å². The fourth-order valence-electron chi connectivity index (χ4n) is 2.45. The number of rotatable bonds is 9. The first-order chi connectivity index (χ1) is 9.54. The largest absolute Gasteiger partial charge is 0.348 e. The molecule has 0 spiro atoms. The number of hydrogen-bond donors (Lipinski definition) is 1. The molecule has 1 rings (SSSR count). The number of nitrogens with one attached hydrogen (secondary N) is 1. The zero-order valence-corrected chi connectivity index (χ0v) is 14.8. The van der Waals surface area contributed by atoms with Crippen molar-refractivity contribution in [2.45, 2.75) is 72.4 Å². The van der Waals surface area contributed by atoms with Gasteiger partial charge in [0.2, 0.25) is 0 Å². The molecule has 0 fully saturated rings. The molecule has 3 nitrogen and oxygen atoms in total. The van der Waals surface area contributed by atoms with Crippen molar-refractivity contribution >= 4 is 16.5 Å². The normalized spacial score (nSPS) is 11.6. The summed E-state index contributed by atoms with van der Waals surface area (Å²) in [6.07, 6.45) is 3.52. The third-order valence-electron chi connectivity index (χ3n) is 3.77. The van der Waals surface area contributed by atoms with Gasteiger partial charge in [-0.2, -0.15) is 0 Å². The van der Waals surface area contributed by atoms with E-state index in [1.165, 1.54) is 35.0 Å². The summed E-state index contributed by atoms with van der Waals surface area (Å²) < 4.78 is 0. The van der Waals surface area contributed by atoms with E-state index in [4.69, 9.17) is 4.98 Å². The second-order valence-electron chi connectivity index (χ2n) is 5.72. The summed E-state index contributed by atoms with van der Waals surface area (Å²) in [7, 11) is 2.18. The number of anilines is 1. The molecule has 0 aliphatic heterocycles. The fraction of sp³-hybridized carbons (Fsp3) is 0.812. The second-order valence-corrected chi connectivity index (χ2v) is 6.78. The van der Waals surface area contributed by atoms with Crippen molar-refractivity contribution in [1.82, 2.24) is 10.3 Å². The van der Waals surface area contributed by atoms with E-state index in [1.54, 1.807) is 0 Å². The zero-order valence-electron chi connectivity index (χ0n) is 14.0. The van der Waals surface area contributed by atoms with Gasteiger partial charge in [-0.3, -0.25) is 0 Å². The standard InChI is InChI=1S/C16H31N3S/c1-7-10-17-11-14-15(12(4)5)18-16(20-14)19(6)13(8-2)9-3/h12-13,17H,7-11H2,1-6H3. The van der Waals surface area contributed by atoms with Gasteiger partial charge in [0.05, 0.1) is 5.69 Å². The molecule has 1 aromatic heterocycles. The highest BCUT2D eigenvalue weighted by molar-refractivity contribution is 7.15. The monoisotopic (exact) mass is 297 g/mol. The molecule has 20 heavy (non-hydrogen) atoms. The average Bonchev–Trinajstić information content (AvgIpc) is 2.84. The molecule has 0 saturated carbocycles. The molecule has 1 heterocycles. The summed E-state index contributed by atoms with van der Waals surface area (Å²) in [6.45, 7) is 13.2. The third kappa shape index (κ3) is 4.45. The van der Waals surface area contributed by atoms with Gasteiger partial charge in [0.15, 0.2) is 5.13 Å². The Hall–Kier alpha value is -0.610. The van der Waals surface area contributed by atoms with Crippen molar-refractivity contribution in [3.8, 4) is 0 Å². The van der Waals surface area contributed by atoms with Crippen LogP contribution in [0.3, 0.4) is 0 Å². The first kappa shape index (κ1) is 17.4. The summed E-state index contributed by atoms with van der Waals surface area (Å²) in [6, 6.07) is 0.595. The SMILES string of the molecule is CCCNCc1sc(N(C)C(CC)CC)nc1C(C)C. The Balaban J connectivity index is 2.90. The summed E-state index contributed by atoms with van der Waals surface area (Å²) in [4.78, 5) is 8.67. The molecule has 0 saturated heterocycles. The predicted molar refractivity (Wildman–Crippen MR) is 91.0 cm³/mol. The van der Waals surface area contributed by atoms with Crippen LogP contribution in [-0.4, -0.2) is 24.6 Å². The van der Waals surface area contributed by atoms with Crippen LogP contribution in [0.15, 0.2) is 0 Å². The fourth-order valence-corrected chi connectivity index (χ4v) is 3.67. The van der Waals surface area contributed by atoms with E-state index in [9.17, 15) is 0 Å². The molecule has 0 unspecified atom stereocenters. The van der Waals surface area contributed by atoms with Crippen molar-refractivity contribution in [3.05, 3.63) is 10.6 Å². The molecule has 116 valence electrons. The molecule has 0 aliphatic rings. The smallest absolute Gasteiger partial charge is 0.185 e. The molecule has 1 N–H and O–H groups in total. The minimum absolute atomic E-state index is 0.494. The van der Waals surface area contributed by atoms with E-state index in [0.717, 1.165) is 13.1 Å².